The number of carbonyl (C=O) groups is 1. The van der Waals surface area contributed by atoms with E-state index in [2.05, 4.69) is 10.3 Å². The number of hydrogen-bond donors (Lipinski definition) is 1. The van der Waals surface area contributed by atoms with Crippen LogP contribution in [0.5, 0.6) is 0 Å². The Morgan fingerprint density at radius 1 is 1.24 bits per heavy atom. The minimum absolute atomic E-state index is 0.0634. The Hall–Kier alpha value is -1.63. The van der Waals surface area contributed by atoms with Gasteiger partial charge in [-0.15, -0.1) is 0 Å². The highest BCUT2D eigenvalue weighted by Gasteiger charge is 2.34. The second-order valence-corrected chi connectivity index (χ2v) is 9.29. The van der Waals surface area contributed by atoms with Gasteiger partial charge >= 0.3 is 0 Å². The highest BCUT2D eigenvalue weighted by atomic mass is 32.2. The van der Waals surface area contributed by atoms with Gasteiger partial charge in [0.2, 0.25) is 0 Å². The summed E-state index contributed by atoms with van der Waals surface area (Å²) in [6.45, 7) is 2.37. The van der Waals surface area contributed by atoms with Gasteiger partial charge in [-0.2, -0.15) is 0 Å². The first kappa shape index (κ1) is 18.2. The third kappa shape index (κ3) is 4.51. The molecular formula is C18H27N3O3S. The minimum atomic E-state index is -3.01. The van der Waals surface area contributed by atoms with Crippen molar-refractivity contribution in [2.24, 2.45) is 0 Å². The zero-order chi connectivity index (χ0) is 17.9. The Kier molecular flexibility index (Phi) is 5.61. The number of sulfone groups is 1. The lowest BCUT2D eigenvalue weighted by molar-refractivity contribution is 0.0702. The van der Waals surface area contributed by atoms with Gasteiger partial charge in [-0.25, -0.2) is 13.4 Å². The second-order valence-electron chi connectivity index (χ2n) is 7.06. The second kappa shape index (κ2) is 7.72. The molecule has 1 aromatic rings. The molecule has 1 atom stereocenters. The zero-order valence-corrected chi connectivity index (χ0v) is 15.6. The van der Waals surface area contributed by atoms with Crippen LogP contribution in [0, 0.1) is 0 Å². The summed E-state index contributed by atoms with van der Waals surface area (Å²) in [5.41, 5.74) is 1.32. The largest absolute Gasteiger partial charge is 0.381 e. The number of nitrogens with zero attached hydrogens (tertiary/aromatic N) is 2. The topological polar surface area (TPSA) is 79.4 Å². The third-order valence-corrected chi connectivity index (χ3v) is 6.96. The number of carbonyl (C=O) groups excluding carboxylic acids is 1. The van der Waals surface area contributed by atoms with Crippen LogP contribution in [0.2, 0.25) is 0 Å². The Bertz CT molecular complexity index is 697. The number of anilines is 1. The average molecular weight is 365 g/mol. The van der Waals surface area contributed by atoms with E-state index >= 15 is 0 Å². The first-order chi connectivity index (χ1) is 12.0. The maximum absolute atomic E-state index is 12.7. The molecule has 0 aromatic carbocycles. The molecule has 7 heteroatoms. The number of aromatic nitrogens is 1. The van der Waals surface area contributed by atoms with Crippen molar-refractivity contribution in [1.82, 2.24) is 9.88 Å². The first-order valence-electron chi connectivity index (χ1n) is 9.22. The van der Waals surface area contributed by atoms with Gasteiger partial charge in [-0.1, -0.05) is 19.3 Å². The summed E-state index contributed by atoms with van der Waals surface area (Å²) in [5.74, 6) is 0.0429. The molecule has 1 N–H and O–H groups in total. The Balaban J connectivity index is 1.64. The highest BCUT2D eigenvalue weighted by molar-refractivity contribution is 7.91. The lowest BCUT2D eigenvalue weighted by Gasteiger charge is -2.27. The Morgan fingerprint density at radius 3 is 2.56 bits per heavy atom. The fraction of sp³-hybridized carbons (Fsp3) is 0.667. The van der Waals surface area contributed by atoms with Gasteiger partial charge in [0.15, 0.2) is 9.84 Å². The van der Waals surface area contributed by atoms with Crippen molar-refractivity contribution in [3.63, 3.8) is 0 Å². The lowest BCUT2D eigenvalue weighted by Crippen LogP contribution is -2.41. The van der Waals surface area contributed by atoms with Crippen LogP contribution in [0.25, 0.3) is 0 Å². The van der Waals surface area contributed by atoms with E-state index in [0.29, 0.717) is 24.7 Å². The van der Waals surface area contributed by atoms with Crippen molar-refractivity contribution in [2.45, 2.75) is 57.5 Å². The molecule has 1 aliphatic carbocycles. The fourth-order valence-corrected chi connectivity index (χ4v) is 5.56. The van der Waals surface area contributed by atoms with Gasteiger partial charge in [0.05, 0.1) is 23.4 Å². The van der Waals surface area contributed by atoms with E-state index in [1.165, 1.54) is 32.1 Å². The van der Waals surface area contributed by atoms with Gasteiger partial charge in [0.25, 0.3) is 5.91 Å². The predicted octanol–water partition coefficient (Wildman–Crippen LogP) is 2.48. The summed E-state index contributed by atoms with van der Waals surface area (Å²) in [6, 6.07) is 3.89. The molecule has 3 rings (SSSR count). The molecule has 0 spiro atoms. The molecule has 6 nitrogen and oxygen atoms in total. The summed E-state index contributed by atoms with van der Waals surface area (Å²) in [7, 11) is -3.01. The molecule has 138 valence electrons. The van der Waals surface area contributed by atoms with Crippen molar-refractivity contribution in [2.75, 3.05) is 23.4 Å². The molecule has 1 aromatic heterocycles. The van der Waals surface area contributed by atoms with Crippen LogP contribution in [0.1, 0.15) is 55.9 Å². The molecule has 1 unspecified atom stereocenters. The summed E-state index contributed by atoms with van der Waals surface area (Å²) in [5, 5.41) is 3.49. The van der Waals surface area contributed by atoms with Crippen LogP contribution in [-0.4, -0.2) is 54.3 Å². The molecule has 1 aliphatic heterocycles. The summed E-state index contributed by atoms with van der Waals surface area (Å²) in [4.78, 5) is 18.7. The number of pyridine rings is 1. The molecule has 2 aliphatic rings. The highest BCUT2D eigenvalue weighted by Crippen LogP contribution is 2.22. The van der Waals surface area contributed by atoms with E-state index in [4.69, 9.17) is 0 Å². The normalized spacial score (nSPS) is 23.3. The predicted molar refractivity (Wildman–Crippen MR) is 98.5 cm³/mol. The molecule has 1 saturated heterocycles. The van der Waals surface area contributed by atoms with Crippen molar-refractivity contribution in [3.8, 4) is 0 Å². The number of rotatable bonds is 5. The quantitative estimate of drug-likeness (QED) is 0.867. The van der Waals surface area contributed by atoms with E-state index < -0.39 is 9.84 Å². The van der Waals surface area contributed by atoms with E-state index in [0.717, 1.165) is 5.69 Å². The summed E-state index contributed by atoms with van der Waals surface area (Å²) < 4.78 is 23.4. The fourth-order valence-electron chi connectivity index (χ4n) is 3.82. The molecule has 0 radical (unpaired) electrons. The van der Waals surface area contributed by atoms with Gasteiger partial charge < -0.3 is 10.2 Å². The number of hydrogen-bond acceptors (Lipinski definition) is 5. The van der Waals surface area contributed by atoms with Gasteiger partial charge in [-0.05, 0) is 38.3 Å². The van der Waals surface area contributed by atoms with Crippen molar-refractivity contribution in [3.05, 3.63) is 24.0 Å². The monoisotopic (exact) mass is 365 g/mol. The van der Waals surface area contributed by atoms with E-state index in [1.807, 2.05) is 13.0 Å². The molecule has 1 saturated carbocycles. The van der Waals surface area contributed by atoms with Crippen molar-refractivity contribution in [1.29, 1.82) is 0 Å². The van der Waals surface area contributed by atoms with Crippen molar-refractivity contribution < 1.29 is 13.2 Å². The minimum Gasteiger partial charge on any atom is -0.381 e. The van der Waals surface area contributed by atoms with Crippen LogP contribution in [-0.2, 0) is 9.84 Å². The van der Waals surface area contributed by atoms with Gasteiger partial charge in [0.1, 0.15) is 5.69 Å². The van der Waals surface area contributed by atoms with Crippen LogP contribution >= 0.6 is 0 Å². The standard InChI is InChI=1S/C18H27N3O3S/c1-2-21(16-10-11-25(23,24)13-16)18(22)17-9-8-15(12-19-17)20-14-6-4-3-5-7-14/h8-9,12,14,16,20H,2-7,10-11,13H2,1H3. The van der Waals surface area contributed by atoms with Crippen LogP contribution in [0.3, 0.4) is 0 Å². The molecule has 2 fully saturated rings. The van der Waals surface area contributed by atoms with Crippen LogP contribution in [0.15, 0.2) is 18.3 Å². The zero-order valence-electron chi connectivity index (χ0n) is 14.8. The van der Waals surface area contributed by atoms with Crippen LogP contribution in [0.4, 0.5) is 5.69 Å². The molecule has 2 heterocycles. The van der Waals surface area contributed by atoms with Gasteiger partial charge in [0, 0.05) is 18.6 Å². The lowest BCUT2D eigenvalue weighted by atomic mass is 9.95. The van der Waals surface area contributed by atoms with Crippen molar-refractivity contribution >= 4 is 21.4 Å². The molecule has 25 heavy (non-hydrogen) atoms. The Morgan fingerprint density at radius 2 is 2.00 bits per heavy atom. The van der Waals surface area contributed by atoms with E-state index in [1.54, 1.807) is 17.2 Å². The van der Waals surface area contributed by atoms with Crippen LogP contribution < -0.4 is 5.32 Å². The van der Waals surface area contributed by atoms with E-state index in [-0.39, 0.29) is 23.5 Å². The third-order valence-electron chi connectivity index (χ3n) is 5.21. The number of nitrogens with one attached hydrogen (secondary N) is 1. The smallest absolute Gasteiger partial charge is 0.272 e. The molecular weight excluding hydrogens is 338 g/mol. The molecule has 0 bridgehead atoms. The summed E-state index contributed by atoms with van der Waals surface area (Å²) in [6.07, 6.45) is 8.42. The first-order valence-corrected chi connectivity index (χ1v) is 11.0. The Labute approximate surface area is 149 Å². The van der Waals surface area contributed by atoms with E-state index in [9.17, 15) is 13.2 Å². The summed E-state index contributed by atoms with van der Waals surface area (Å²) >= 11 is 0. The molecule has 1 amide bonds. The maximum Gasteiger partial charge on any atom is 0.272 e. The number of amides is 1. The maximum atomic E-state index is 12.7. The van der Waals surface area contributed by atoms with Gasteiger partial charge in [-0.3, -0.25) is 4.79 Å². The SMILES string of the molecule is CCN(C(=O)c1ccc(NC2CCCCC2)cn1)C1CCS(=O)(=O)C1. The average Bonchev–Trinajstić information content (AvgIpc) is 2.97.